The van der Waals surface area contributed by atoms with Crippen LogP contribution in [0.3, 0.4) is 0 Å². The van der Waals surface area contributed by atoms with Crippen molar-refractivity contribution < 1.29 is 4.79 Å². The molecule has 3 heteroatoms. The summed E-state index contributed by atoms with van der Waals surface area (Å²) in [6.07, 6.45) is 0. The number of nitrogens with two attached hydrogens (primary N) is 1. The third-order valence-electron chi connectivity index (χ3n) is 2.65. The Balaban J connectivity index is 3.56. The van der Waals surface area contributed by atoms with Crippen LogP contribution >= 0.6 is 22.6 Å². The molecule has 1 aromatic carbocycles. The average Bonchev–Trinajstić information content (AvgIpc) is 2.15. The second-order valence-corrected chi connectivity index (χ2v) is 5.76. The van der Waals surface area contributed by atoms with Crippen molar-refractivity contribution in [3.63, 3.8) is 0 Å². The number of benzene rings is 1. The summed E-state index contributed by atoms with van der Waals surface area (Å²) < 4.78 is 1.21. The molecule has 0 heterocycles. The van der Waals surface area contributed by atoms with E-state index in [4.69, 9.17) is 5.73 Å². The monoisotopic (exact) mass is 331 g/mol. The van der Waals surface area contributed by atoms with E-state index < -0.39 is 0 Å². The van der Waals surface area contributed by atoms with Crippen LogP contribution in [0.2, 0.25) is 0 Å². The van der Waals surface area contributed by atoms with Crippen LogP contribution < -0.4 is 5.73 Å². The second kappa shape index (κ2) is 5.17. The lowest BCUT2D eigenvalue weighted by molar-refractivity contribution is 0.0999. The minimum absolute atomic E-state index is 0.314. The predicted molar refractivity (Wildman–Crippen MR) is 75.9 cm³/mol. The Hall–Kier alpha value is -0.580. The Bertz CT molecular complexity index is 411. The van der Waals surface area contributed by atoms with E-state index in [9.17, 15) is 4.79 Å². The van der Waals surface area contributed by atoms with Crippen LogP contribution in [-0.4, -0.2) is 5.91 Å². The van der Waals surface area contributed by atoms with Crippen molar-refractivity contribution in [1.29, 1.82) is 0 Å². The highest BCUT2D eigenvalue weighted by atomic mass is 127. The van der Waals surface area contributed by atoms with E-state index in [1.807, 2.05) is 12.1 Å². The maximum absolute atomic E-state index is 11.4. The summed E-state index contributed by atoms with van der Waals surface area (Å²) in [7, 11) is 0. The van der Waals surface area contributed by atoms with Crippen molar-refractivity contribution in [3.8, 4) is 0 Å². The van der Waals surface area contributed by atoms with Crippen molar-refractivity contribution in [2.24, 2.45) is 5.73 Å². The van der Waals surface area contributed by atoms with E-state index in [1.54, 1.807) is 0 Å². The Morgan fingerprint density at radius 3 is 2.00 bits per heavy atom. The van der Waals surface area contributed by atoms with E-state index in [0.717, 1.165) is 5.56 Å². The number of rotatable bonds is 3. The molecule has 0 unspecified atom stereocenters. The smallest absolute Gasteiger partial charge is 0.248 e. The first kappa shape index (κ1) is 13.5. The molecule has 0 atom stereocenters. The Labute approximate surface area is 111 Å². The fourth-order valence-corrected chi connectivity index (χ4v) is 3.13. The van der Waals surface area contributed by atoms with Gasteiger partial charge in [0.15, 0.2) is 0 Å². The molecule has 0 fully saturated rings. The Morgan fingerprint density at radius 1 is 1.12 bits per heavy atom. The zero-order valence-electron chi connectivity index (χ0n) is 10.2. The molecule has 0 aliphatic carbocycles. The fourth-order valence-electron chi connectivity index (χ4n) is 2.03. The summed E-state index contributed by atoms with van der Waals surface area (Å²) in [6.45, 7) is 8.50. The van der Waals surface area contributed by atoms with E-state index in [2.05, 4.69) is 50.3 Å². The number of carbonyl (C=O) groups excluding carboxylic acids is 1. The number of hydrogen-bond acceptors (Lipinski definition) is 1. The molecule has 0 spiro atoms. The molecule has 2 N–H and O–H groups in total. The minimum atomic E-state index is -0.331. The molecule has 0 saturated carbocycles. The van der Waals surface area contributed by atoms with Crippen LogP contribution in [0.15, 0.2) is 12.1 Å². The highest BCUT2D eigenvalue weighted by Gasteiger charge is 2.19. The first-order valence-electron chi connectivity index (χ1n) is 5.48. The van der Waals surface area contributed by atoms with Gasteiger partial charge in [0.05, 0.1) is 0 Å². The van der Waals surface area contributed by atoms with E-state index in [-0.39, 0.29) is 5.91 Å². The van der Waals surface area contributed by atoms with Gasteiger partial charge in [-0.1, -0.05) is 27.7 Å². The van der Waals surface area contributed by atoms with Gasteiger partial charge in [0.1, 0.15) is 0 Å². The lowest BCUT2D eigenvalue weighted by Gasteiger charge is -2.20. The van der Waals surface area contributed by atoms with Gasteiger partial charge in [-0.2, -0.15) is 0 Å². The topological polar surface area (TPSA) is 43.1 Å². The van der Waals surface area contributed by atoms with Gasteiger partial charge in [0, 0.05) is 9.13 Å². The third-order valence-corrected chi connectivity index (χ3v) is 3.59. The second-order valence-electron chi connectivity index (χ2n) is 4.60. The van der Waals surface area contributed by atoms with Crippen LogP contribution in [0.1, 0.15) is 61.0 Å². The van der Waals surface area contributed by atoms with Crippen LogP contribution in [0.25, 0.3) is 0 Å². The molecule has 0 aliphatic heterocycles. The van der Waals surface area contributed by atoms with E-state index >= 15 is 0 Å². The van der Waals surface area contributed by atoms with Gasteiger partial charge in [-0.15, -0.1) is 0 Å². The van der Waals surface area contributed by atoms with Gasteiger partial charge in [-0.3, -0.25) is 4.79 Å². The van der Waals surface area contributed by atoms with E-state index in [1.165, 1.54) is 9.13 Å². The molecule has 0 saturated heterocycles. The number of hydrogen-bond donors (Lipinski definition) is 1. The number of halogens is 1. The number of carbonyl (C=O) groups is 1. The molecule has 88 valence electrons. The molecule has 1 amide bonds. The van der Waals surface area contributed by atoms with Gasteiger partial charge in [-0.25, -0.2) is 0 Å². The van der Waals surface area contributed by atoms with Crippen LogP contribution in [0.4, 0.5) is 0 Å². The maximum atomic E-state index is 11.4. The maximum Gasteiger partial charge on any atom is 0.248 e. The molecular weight excluding hydrogens is 313 g/mol. The SMILES string of the molecule is CC(C)c1c(I)ccc(C(N)=O)c1C(C)C. The number of amides is 1. The summed E-state index contributed by atoms with van der Waals surface area (Å²) in [5.74, 6) is 0.389. The standard InChI is InChI=1S/C13H18INO/c1-7(2)11-9(13(15)16)5-6-10(14)12(11)8(3)4/h5-8H,1-4H3,(H2,15,16). The molecule has 2 nitrogen and oxygen atoms in total. The molecule has 1 rings (SSSR count). The molecule has 0 radical (unpaired) electrons. The highest BCUT2D eigenvalue weighted by Crippen LogP contribution is 2.32. The average molecular weight is 331 g/mol. The first-order valence-corrected chi connectivity index (χ1v) is 6.56. The summed E-state index contributed by atoms with van der Waals surface area (Å²) >= 11 is 2.32. The summed E-state index contributed by atoms with van der Waals surface area (Å²) in [6, 6.07) is 3.81. The Morgan fingerprint density at radius 2 is 1.62 bits per heavy atom. The summed E-state index contributed by atoms with van der Waals surface area (Å²) in [5.41, 5.74) is 8.46. The highest BCUT2D eigenvalue weighted by molar-refractivity contribution is 14.1. The minimum Gasteiger partial charge on any atom is -0.366 e. The zero-order valence-corrected chi connectivity index (χ0v) is 12.3. The quantitative estimate of drug-likeness (QED) is 0.845. The van der Waals surface area contributed by atoms with Crippen molar-refractivity contribution in [3.05, 3.63) is 32.4 Å². The largest absolute Gasteiger partial charge is 0.366 e. The van der Waals surface area contributed by atoms with Gasteiger partial charge < -0.3 is 5.73 Å². The molecule has 0 aliphatic rings. The van der Waals surface area contributed by atoms with Gasteiger partial charge in [0.25, 0.3) is 0 Å². The molecular formula is C13H18INO. The Kier molecular flexibility index (Phi) is 4.35. The molecule has 16 heavy (non-hydrogen) atoms. The van der Waals surface area contributed by atoms with E-state index in [0.29, 0.717) is 17.4 Å². The van der Waals surface area contributed by atoms with Crippen molar-refractivity contribution in [2.75, 3.05) is 0 Å². The van der Waals surface area contributed by atoms with Gasteiger partial charge in [-0.05, 0) is 57.7 Å². The molecule has 0 bridgehead atoms. The van der Waals surface area contributed by atoms with Crippen molar-refractivity contribution in [1.82, 2.24) is 0 Å². The van der Waals surface area contributed by atoms with Crippen LogP contribution in [0.5, 0.6) is 0 Å². The van der Waals surface area contributed by atoms with Crippen LogP contribution in [-0.2, 0) is 0 Å². The summed E-state index contributed by atoms with van der Waals surface area (Å²) in [4.78, 5) is 11.4. The number of primary amides is 1. The normalized spacial score (nSPS) is 11.2. The van der Waals surface area contributed by atoms with Gasteiger partial charge in [0.2, 0.25) is 5.91 Å². The lowest BCUT2D eigenvalue weighted by atomic mass is 9.87. The molecule has 1 aromatic rings. The first-order chi connectivity index (χ1) is 7.36. The summed E-state index contributed by atoms with van der Waals surface area (Å²) in [5, 5.41) is 0. The van der Waals surface area contributed by atoms with Crippen molar-refractivity contribution in [2.45, 2.75) is 39.5 Å². The van der Waals surface area contributed by atoms with Crippen molar-refractivity contribution >= 4 is 28.5 Å². The third kappa shape index (κ3) is 2.56. The lowest BCUT2D eigenvalue weighted by Crippen LogP contribution is -2.17. The van der Waals surface area contributed by atoms with Gasteiger partial charge >= 0.3 is 0 Å². The van der Waals surface area contributed by atoms with Crippen LogP contribution in [0, 0.1) is 3.57 Å². The zero-order chi connectivity index (χ0) is 12.5. The predicted octanol–water partition coefficient (Wildman–Crippen LogP) is 3.64. The fraction of sp³-hybridized carbons (Fsp3) is 0.462. The molecule has 0 aromatic heterocycles.